The molecule has 1 fully saturated rings. The Balaban J connectivity index is 2.33. The summed E-state index contributed by atoms with van der Waals surface area (Å²) in [6, 6.07) is -0.00734. The van der Waals surface area contributed by atoms with E-state index < -0.39 is 12.7 Å². The summed E-state index contributed by atoms with van der Waals surface area (Å²) in [5.41, 5.74) is 0. The van der Waals surface area contributed by atoms with Crippen molar-refractivity contribution in [1.82, 2.24) is 10.2 Å². The van der Waals surface area contributed by atoms with Crippen molar-refractivity contribution in [3.8, 4) is 0 Å². The number of alkyl halides is 3. The van der Waals surface area contributed by atoms with E-state index in [1.165, 1.54) is 4.90 Å². The Kier molecular flexibility index (Phi) is 5.69. The molecule has 0 aromatic heterocycles. The summed E-state index contributed by atoms with van der Waals surface area (Å²) in [7, 11) is 0. The highest BCUT2D eigenvalue weighted by Crippen LogP contribution is 2.30. The summed E-state index contributed by atoms with van der Waals surface area (Å²) in [4.78, 5) is 1.49. The van der Waals surface area contributed by atoms with Gasteiger partial charge in [0, 0.05) is 18.6 Å². The Morgan fingerprint density at radius 3 is 2.47 bits per heavy atom. The molecule has 0 spiro atoms. The third kappa shape index (κ3) is 6.24. The van der Waals surface area contributed by atoms with Crippen molar-refractivity contribution in [3.05, 3.63) is 0 Å². The lowest BCUT2D eigenvalue weighted by Gasteiger charge is -2.25. The third-order valence-electron chi connectivity index (χ3n) is 2.92. The summed E-state index contributed by atoms with van der Waals surface area (Å²) in [5, 5.41) is 12.1. The van der Waals surface area contributed by atoms with Crippen LogP contribution in [0.1, 0.15) is 26.2 Å². The van der Waals surface area contributed by atoms with Gasteiger partial charge in [-0.2, -0.15) is 13.2 Å². The zero-order valence-electron chi connectivity index (χ0n) is 10.1. The van der Waals surface area contributed by atoms with Crippen molar-refractivity contribution in [2.75, 3.05) is 26.2 Å². The zero-order valence-corrected chi connectivity index (χ0v) is 10.1. The van der Waals surface area contributed by atoms with Gasteiger partial charge in [0.2, 0.25) is 0 Å². The van der Waals surface area contributed by atoms with Gasteiger partial charge in [-0.25, -0.2) is 0 Å². The molecule has 0 radical (unpaired) electrons. The highest BCUT2D eigenvalue weighted by Gasteiger charge is 2.37. The van der Waals surface area contributed by atoms with Crippen LogP contribution in [0.15, 0.2) is 0 Å². The molecule has 17 heavy (non-hydrogen) atoms. The fourth-order valence-electron chi connectivity index (χ4n) is 1.93. The molecule has 0 aromatic rings. The quantitative estimate of drug-likeness (QED) is 0.687. The molecular formula is C11H21F3N2O. The molecule has 102 valence electrons. The molecule has 1 aliphatic rings. The molecule has 1 saturated carbocycles. The first-order chi connectivity index (χ1) is 7.96. The number of likely N-dealkylation sites (N-methyl/N-ethyl adjacent to an activating group) is 1. The molecule has 1 atom stereocenters. The predicted molar refractivity (Wildman–Crippen MR) is 59.8 cm³/mol. The van der Waals surface area contributed by atoms with E-state index in [1.807, 2.05) is 6.92 Å². The Morgan fingerprint density at radius 2 is 2.06 bits per heavy atom. The smallest absolute Gasteiger partial charge is 0.395 e. The summed E-state index contributed by atoms with van der Waals surface area (Å²) in [5.74, 6) is 0. The van der Waals surface area contributed by atoms with Gasteiger partial charge in [0.25, 0.3) is 0 Å². The van der Waals surface area contributed by atoms with E-state index in [4.69, 9.17) is 5.11 Å². The van der Waals surface area contributed by atoms with Crippen LogP contribution in [0.4, 0.5) is 13.2 Å². The van der Waals surface area contributed by atoms with E-state index in [9.17, 15) is 13.2 Å². The van der Waals surface area contributed by atoms with Crippen LogP contribution in [-0.2, 0) is 0 Å². The molecule has 0 bridgehead atoms. The average Bonchev–Trinajstić information content (AvgIpc) is 3.04. The first kappa shape index (κ1) is 14.7. The monoisotopic (exact) mass is 254 g/mol. The molecule has 0 amide bonds. The summed E-state index contributed by atoms with van der Waals surface area (Å²) >= 11 is 0. The lowest BCUT2D eigenvalue weighted by molar-refractivity contribution is -0.147. The second kappa shape index (κ2) is 6.56. The minimum Gasteiger partial charge on any atom is -0.395 e. The number of aliphatic hydroxyl groups excluding tert-OH is 1. The van der Waals surface area contributed by atoms with Gasteiger partial charge >= 0.3 is 6.18 Å². The number of nitrogens with zero attached hydrogens (tertiary/aromatic N) is 1. The molecule has 6 heteroatoms. The second-order valence-electron chi connectivity index (χ2n) is 4.54. The van der Waals surface area contributed by atoms with E-state index >= 15 is 0 Å². The molecule has 0 aliphatic heterocycles. The molecule has 0 saturated heterocycles. The van der Waals surface area contributed by atoms with Gasteiger partial charge in [-0.1, -0.05) is 6.92 Å². The fraction of sp³-hybridized carbons (Fsp3) is 1.00. The van der Waals surface area contributed by atoms with Crippen molar-refractivity contribution in [2.24, 2.45) is 0 Å². The number of hydrogen-bond acceptors (Lipinski definition) is 3. The van der Waals surface area contributed by atoms with Gasteiger partial charge in [-0.3, -0.25) is 4.90 Å². The molecule has 1 unspecified atom stereocenters. The summed E-state index contributed by atoms with van der Waals surface area (Å²) < 4.78 is 37.0. The van der Waals surface area contributed by atoms with E-state index in [2.05, 4.69) is 5.32 Å². The third-order valence-corrected chi connectivity index (χ3v) is 2.92. The molecule has 1 aliphatic carbocycles. The minimum absolute atomic E-state index is 0.0294. The van der Waals surface area contributed by atoms with Crippen molar-refractivity contribution in [1.29, 1.82) is 0 Å². The summed E-state index contributed by atoms with van der Waals surface area (Å²) in [6.45, 7) is 2.16. The van der Waals surface area contributed by atoms with E-state index in [0.717, 1.165) is 12.8 Å². The van der Waals surface area contributed by atoms with Crippen molar-refractivity contribution >= 4 is 0 Å². The molecule has 0 aromatic carbocycles. The second-order valence-corrected chi connectivity index (χ2v) is 4.54. The number of aliphatic hydroxyl groups is 1. The number of halogens is 3. The maximum atomic E-state index is 12.3. The molecule has 1 rings (SSSR count). The van der Waals surface area contributed by atoms with Crippen LogP contribution in [0, 0.1) is 0 Å². The average molecular weight is 254 g/mol. The number of hydrogen-bond donors (Lipinski definition) is 2. The van der Waals surface area contributed by atoms with Crippen LogP contribution in [0.3, 0.4) is 0 Å². The Hall–Kier alpha value is -0.330. The van der Waals surface area contributed by atoms with E-state index in [-0.39, 0.29) is 18.7 Å². The topological polar surface area (TPSA) is 35.5 Å². The van der Waals surface area contributed by atoms with Crippen LogP contribution >= 0.6 is 0 Å². The Bertz CT molecular complexity index is 219. The number of nitrogens with one attached hydrogen (secondary N) is 1. The van der Waals surface area contributed by atoms with Gasteiger partial charge in [-0.05, 0) is 25.8 Å². The highest BCUT2D eigenvalue weighted by atomic mass is 19.4. The van der Waals surface area contributed by atoms with Crippen LogP contribution in [0.5, 0.6) is 0 Å². The highest BCUT2D eigenvalue weighted by molar-refractivity contribution is 4.86. The maximum Gasteiger partial charge on any atom is 0.401 e. The van der Waals surface area contributed by atoms with Gasteiger partial charge in [0.15, 0.2) is 0 Å². The largest absolute Gasteiger partial charge is 0.401 e. The van der Waals surface area contributed by atoms with E-state index in [1.54, 1.807) is 0 Å². The van der Waals surface area contributed by atoms with Crippen molar-refractivity contribution in [3.63, 3.8) is 0 Å². The molecule has 0 heterocycles. The van der Waals surface area contributed by atoms with Crippen LogP contribution in [0.25, 0.3) is 0 Å². The SMILES string of the molecule is CCNC(CO)CCN(CC(F)(F)F)C1CC1. The molecular weight excluding hydrogens is 233 g/mol. The van der Waals surface area contributed by atoms with Crippen LogP contribution in [0.2, 0.25) is 0 Å². The number of rotatable bonds is 8. The fourth-order valence-corrected chi connectivity index (χ4v) is 1.93. The summed E-state index contributed by atoms with van der Waals surface area (Å²) in [6.07, 6.45) is -1.85. The van der Waals surface area contributed by atoms with Crippen LogP contribution in [-0.4, -0.2) is 54.5 Å². The lowest BCUT2D eigenvalue weighted by atomic mass is 10.2. The zero-order chi connectivity index (χ0) is 12.9. The molecule has 2 N–H and O–H groups in total. The normalized spacial score (nSPS) is 18.7. The first-order valence-electron chi connectivity index (χ1n) is 6.11. The Labute approximate surface area is 100.0 Å². The lowest BCUT2D eigenvalue weighted by Crippen LogP contribution is -2.41. The van der Waals surface area contributed by atoms with Crippen molar-refractivity contribution in [2.45, 2.75) is 44.4 Å². The first-order valence-corrected chi connectivity index (χ1v) is 6.11. The van der Waals surface area contributed by atoms with Crippen molar-refractivity contribution < 1.29 is 18.3 Å². The van der Waals surface area contributed by atoms with Gasteiger partial charge < -0.3 is 10.4 Å². The predicted octanol–water partition coefficient (Wildman–Crippen LogP) is 1.37. The van der Waals surface area contributed by atoms with Gasteiger partial charge in [0.1, 0.15) is 0 Å². The van der Waals surface area contributed by atoms with Crippen LogP contribution < -0.4 is 5.32 Å². The van der Waals surface area contributed by atoms with E-state index in [0.29, 0.717) is 19.5 Å². The van der Waals surface area contributed by atoms with Gasteiger partial charge in [0.05, 0.1) is 13.2 Å². The standard InChI is InChI=1S/C11H21F3N2O/c1-2-15-9(7-17)5-6-16(10-3-4-10)8-11(12,13)14/h9-10,15,17H,2-8H2,1H3. The van der Waals surface area contributed by atoms with Gasteiger partial charge in [-0.15, -0.1) is 0 Å². The maximum absolute atomic E-state index is 12.3. The minimum atomic E-state index is -4.13. The molecule has 3 nitrogen and oxygen atoms in total. The Morgan fingerprint density at radius 1 is 1.41 bits per heavy atom.